The predicted octanol–water partition coefficient (Wildman–Crippen LogP) is 2.53. The molecule has 1 aliphatic carbocycles. The van der Waals surface area contributed by atoms with E-state index < -0.39 is 0 Å². The van der Waals surface area contributed by atoms with Gasteiger partial charge in [0.15, 0.2) is 0 Å². The molecule has 110 valence electrons. The van der Waals surface area contributed by atoms with Crippen molar-refractivity contribution < 1.29 is 9.90 Å². The maximum Gasteiger partial charge on any atom is 0.320 e. The summed E-state index contributed by atoms with van der Waals surface area (Å²) < 4.78 is 0. The summed E-state index contributed by atoms with van der Waals surface area (Å²) in [5.41, 5.74) is 0. The van der Waals surface area contributed by atoms with Gasteiger partial charge in [-0.05, 0) is 37.3 Å². The number of carbonyl (C=O) groups is 1. The fourth-order valence-electron chi connectivity index (χ4n) is 2.86. The Morgan fingerprint density at radius 3 is 2.80 bits per heavy atom. The lowest BCUT2D eigenvalue weighted by atomic mass is 9.83. The number of hydrogen-bond donors (Lipinski definition) is 3. The molecule has 0 radical (unpaired) electrons. The van der Waals surface area contributed by atoms with Gasteiger partial charge in [-0.15, -0.1) is 0 Å². The number of aliphatic hydroxyl groups is 1. The van der Waals surface area contributed by atoms with Crippen molar-refractivity contribution in [2.45, 2.75) is 44.6 Å². The predicted molar refractivity (Wildman–Crippen MR) is 78.5 cm³/mol. The number of amides is 2. The molecule has 0 aromatic carbocycles. The molecule has 1 aliphatic rings. The molecule has 3 N–H and O–H groups in total. The lowest BCUT2D eigenvalue weighted by Gasteiger charge is -2.30. The van der Waals surface area contributed by atoms with Crippen LogP contribution in [-0.2, 0) is 0 Å². The molecular weight excluding hydrogens is 254 g/mol. The van der Waals surface area contributed by atoms with Gasteiger partial charge in [0.2, 0.25) is 0 Å². The third-order valence-corrected chi connectivity index (χ3v) is 3.88. The molecule has 2 rings (SSSR count). The normalized spacial score (nSPS) is 17.4. The summed E-state index contributed by atoms with van der Waals surface area (Å²) in [7, 11) is 0. The summed E-state index contributed by atoms with van der Waals surface area (Å²) in [4.78, 5) is 16.1. The summed E-state index contributed by atoms with van der Waals surface area (Å²) in [6.45, 7) is 0.102. The third kappa shape index (κ3) is 4.49. The first kappa shape index (κ1) is 14.8. The Labute approximate surface area is 119 Å². The third-order valence-electron chi connectivity index (χ3n) is 3.88. The van der Waals surface area contributed by atoms with Crippen molar-refractivity contribution in [2.75, 3.05) is 11.9 Å². The molecule has 5 heteroatoms. The number of pyridine rings is 1. The summed E-state index contributed by atoms with van der Waals surface area (Å²) in [6, 6.07) is 5.19. The van der Waals surface area contributed by atoms with E-state index in [9.17, 15) is 9.90 Å². The van der Waals surface area contributed by atoms with Gasteiger partial charge in [0.25, 0.3) is 0 Å². The van der Waals surface area contributed by atoms with E-state index in [1.807, 2.05) is 6.07 Å². The molecule has 1 saturated carbocycles. The van der Waals surface area contributed by atoms with Crippen molar-refractivity contribution in [3.05, 3.63) is 24.4 Å². The zero-order chi connectivity index (χ0) is 14.2. The summed E-state index contributed by atoms with van der Waals surface area (Å²) >= 11 is 0. The van der Waals surface area contributed by atoms with Gasteiger partial charge in [0.1, 0.15) is 5.82 Å². The summed E-state index contributed by atoms with van der Waals surface area (Å²) in [5, 5.41) is 14.9. The van der Waals surface area contributed by atoms with Crippen LogP contribution >= 0.6 is 0 Å². The smallest absolute Gasteiger partial charge is 0.320 e. The first-order valence-electron chi connectivity index (χ1n) is 7.39. The zero-order valence-electron chi connectivity index (χ0n) is 11.7. The highest BCUT2D eigenvalue weighted by atomic mass is 16.3. The van der Waals surface area contributed by atoms with Crippen LogP contribution in [-0.4, -0.2) is 28.8 Å². The van der Waals surface area contributed by atoms with Gasteiger partial charge >= 0.3 is 6.03 Å². The maximum absolute atomic E-state index is 12.0. The largest absolute Gasteiger partial charge is 0.396 e. The number of aliphatic hydroxyl groups excluding tert-OH is 1. The van der Waals surface area contributed by atoms with E-state index in [-0.39, 0.29) is 18.7 Å². The van der Waals surface area contributed by atoms with Crippen molar-refractivity contribution >= 4 is 11.8 Å². The molecule has 1 fully saturated rings. The SMILES string of the molecule is O=C(Nc1ccccn1)NC(CCO)C1CCCCC1. The minimum Gasteiger partial charge on any atom is -0.396 e. The average Bonchev–Trinajstić information content (AvgIpc) is 2.49. The van der Waals surface area contributed by atoms with Crippen LogP contribution in [0.2, 0.25) is 0 Å². The van der Waals surface area contributed by atoms with E-state index in [2.05, 4.69) is 15.6 Å². The van der Waals surface area contributed by atoms with E-state index in [0.29, 0.717) is 18.2 Å². The van der Waals surface area contributed by atoms with E-state index in [1.54, 1.807) is 18.3 Å². The van der Waals surface area contributed by atoms with Crippen molar-refractivity contribution in [2.24, 2.45) is 5.92 Å². The Kier molecular flexibility index (Phi) is 5.80. The van der Waals surface area contributed by atoms with Gasteiger partial charge < -0.3 is 10.4 Å². The van der Waals surface area contributed by atoms with E-state index in [1.165, 1.54) is 19.3 Å². The molecule has 1 aromatic rings. The van der Waals surface area contributed by atoms with Gasteiger partial charge in [-0.1, -0.05) is 25.3 Å². The van der Waals surface area contributed by atoms with Crippen LogP contribution in [0.5, 0.6) is 0 Å². The Bertz CT molecular complexity index is 405. The average molecular weight is 277 g/mol. The van der Waals surface area contributed by atoms with Gasteiger partial charge in [-0.3, -0.25) is 5.32 Å². The molecule has 1 unspecified atom stereocenters. The number of urea groups is 1. The van der Waals surface area contributed by atoms with Crippen LogP contribution in [0, 0.1) is 5.92 Å². The lowest BCUT2D eigenvalue weighted by Crippen LogP contribution is -2.43. The first-order chi connectivity index (χ1) is 9.79. The Morgan fingerprint density at radius 1 is 1.35 bits per heavy atom. The quantitative estimate of drug-likeness (QED) is 0.774. The highest BCUT2D eigenvalue weighted by Gasteiger charge is 2.24. The molecule has 1 atom stereocenters. The first-order valence-corrected chi connectivity index (χ1v) is 7.39. The van der Waals surface area contributed by atoms with Crippen molar-refractivity contribution in [3.8, 4) is 0 Å². The molecule has 0 spiro atoms. The monoisotopic (exact) mass is 277 g/mol. The maximum atomic E-state index is 12.0. The number of anilines is 1. The molecule has 5 nitrogen and oxygen atoms in total. The Morgan fingerprint density at radius 2 is 2.15 bits per heavy atom. The molecule has 0 bridgehead atoms. The molecular formula is C15H23N3O2. The Hall–Kier alpha value is -1.62. The second kappa shape index (κ2) is 7.85. The second-order valence-electron chi connectivity index (χ2n) is 5.33. The van der Waals surface area contributed by atoms with Crippen LogP contribution in [0.4, 0.5) is 10.6 Å². The minimum atomic E-state index is -0.243. The fraction of sp³-hybridized carbons (Fsp3) is 0.600. The van der Waals surface area contributed by atoms with Crippen molar-refractivity contribution in [3.63, 3.8) is 0 Å². The molecule has 1 heterocycles. The highest BCUT2D eigenvalue weighted by Crippen LogP contribution is 2.27. The van der Waals surface area contributed by atoms with E-state index in [4.69, 9.17) is 0 Å². The molecule has 1 aromatic heterocycles. The number of nitrogens with zero attached hydrogens (tertiary/aromatic N) is 1. The molecule has 20 heavy (non-hydrogen) atoms. The van der Waals surface area contributed by atoms with Crippen LogP contribution in [0.1, 0.15) is 38.5 Å². The number of aromatic nitrogens is 1. The van der Waals surface area contributed by atoms with Gasteiger partial charge in [-0.25, -0.2) is 9.78 Å². The second-order valence-corrected chi connectivity index (χ2v) is 5.33. The van der Waals surface area contributed by atoms with Crippen LogP contribution < -0.4 is 10.6 Å². The minimum absolute atomic E-state index is 0.0454. The zero-order valence-corrected chi connectivity index (χ0v) is 11.7. The van der Waals surface area contributed by atoms with Gasteiger partial charge in [0.05, 0.1) is 0 Å². The van der Waals surface area contributed by atoms with Crippen molar-refractivity contribution in [1.29, 1.82) is 0 Å². The molecule has 2 amide bonds. The lowest BCUT2D eigenvalue weighted by molar-refractivity contribution is 0.202. The Balaban J connectivity index is 1.88. The molecule has 0 aliphatic heterocycles. The van der Waals surface area contributed by atoms with E-state index >= 15 is 0 Å². The standard InChI is InChI=1S/C15H23N3O2/c19-11-9-13(12-6-2-1-3-7-12)17-15(20)18-14-8-4-5-10-16-14/h4-5,8,10,12-13,19H,1-3,6-7,9,11H2,(H2,16,17,18,20). The number of carbonyl (C=O) groups excluding carboxylic acids is 1. The van der Waals surface area contributed by atoms with E-state index in [0.717, 1.165) is 12.8 Å². The van der Waals surface area contributed by atoms with Crippen LogP contribution in [0.25, 0.3) is 0 Å². The fourth-order valence-corrected chi connectivity index (χ4v) is 2.86. The van der Waals surface area contributed by atoms with Crippen LogP contribution in [0.15, 0.2) is 24.4 Å². The number of nitrogens with one attached hydrogen (secondary N) is 2. The number of rotatable bonds is 5. The molecule has 0 saturated heterocycles. The van der Waals surface area contributed by atoms with Crippen LogP contribution in [0.3, 0.4) is 0 Å². The highest BCUT2D eigenvalue weighted by molar-refractivity contribution is 5.88. The van der Waals surface area contributed by atoms with Gasteiger partial charge in [0, 0.05) is 18.8 Å². The topological polar surface area (TPSA) is 74.2 Å². The van der Waals surface area contributed by atoms with Gasteiger partial charge in [-0.2, -0.15) is 0 Å². The number of hydrogen-bond acceptors (Lipinski definition) is 3. The summed E-state index contributed by atoms with van der Waals surface area (Å²) in [5.74, 6) is 1.02. The van der Waals surface area contributed by atoms with Crippen molar-refractivity contribution in [1.82, 2.24) is 10.3 Å². The summed E-state index contributed by atoms with van der Waals surface area (Å²) in [6.07, 6.45) is 8.24.